The first-order chi connectivity index (χ1) is 8.08. The van der Waals surface area contributed by atoms with Crippen molar-refractivity contribution < 1.29 is 5.11 Å². The van der Waals surface area contributed by atoms with Gasteiger partial charge in [0.1, 0.15) is 0 Å². The molecule has 1 aromatic carbocycles. The molecular weight excluding hydrogens is 210 g/mol. The molecule has 2 atom stereocenters. The van der Waals surface area contributed by atoms with E-state index in [0.29, 0.717) is 12.1 Å². The fourth-order valence-electron chi connectivity index (χ4n) is 2.04. The molecule has 2 unspecified atom stereocenters. The molecule has 2 heteroatoms. The van der Waals surface area contributed by atoms with Crippen molar-refractivity contribution in [1.29, 1.82) is 0 Å². The zero-order valence-corrected chi connectivity index (χ0v) is 11.5. The van der Waals surface area contributed by atoms with Gasteiger partial charge < -0.3 is 10.4 Å². The van der Waals surface area contributed by atoms with Crippen LogP contribution in [0.25, 0.3) is 0 Å². The third-order valence-electron chi connectivity index (χ3n) is 3.49. The van der Waals surface area contributed by atoms with Crippen LogP contribution >= 0.6 is 0 Å². The Hall–Kier alpha value is -0.860. The van der Waals surface area contributed by atoms with Gasteiger partial charge in [0.15, 0.2) is 0 Å². The Labute approximate surface area is 105 Å². The highest BCUT2D eigenvalue weighted by molar-refractivity contribution is 5.31. The van der Waals surface area contributed by atoms with E-state index in [1.165, 1.54) is 16.7 Å². The van der Waals surface area contributed by atoms with Gasteiger partial charge in [-0.1, -0.05) is 25.1 Å². The molecule has 0 aliphatic heterocycles. The summed E-state index contributed by atoms with van der Waals surface area (Å²) in [6, 6.07) is 7.35. The minimum absolute atomic E-state index is 0.255. The van der Waals surface area contributed by atoms with Crippen molar-refractivity contribution >= 4 is 0 Å². The zero-order valence-electron chi connectivity index (χ0n) is 11.5. The third-order valence-corrected chi connectivity index (χ3v) is 3.49. The first-order valence-corrected chi connectivity index (χ1v) is 6.52. The van der Waals surface area contributed by atoms with Crippen molar-refractivity contribution in [2.24, 2.45) is 0 Å². The highest BCUT2D eigenvalue weighted by atomic mass is 16.3. The fraction of sp³-hybridized carbons (Fsp3) is 0.600. The van der Waals surface area contributed by atoms with Gasteiger partial charge in [-0.25, -0.2) is 0 Å². The second kappa shape index (κ2) is 6.77. The van der Waals surface area contributed by atoms with Crippen LogP contribution in [0.2, 0.25) is 0 Å². The number of hydrogen-bond acceptors (Lipinski definition) is 2. The summed E-state index contributed by atoms with van der Waals surface area (Å²) in [7, 11) is 0. The summed E-state index contributed by atoms with van der Waals surface area (Å²) in [6.07, 6.45) is 1.88. The molecule has 2 nitrogen and oxygen atoms in total. The lowest BCUT2D eigenvalue weighted by Gasteiger charge is -2.22. The van der Waals surface area contributed by atoms with Gasteiger partial charge in [0.05, 0.1) is 0 Å². The van der Waals surface area contributed by atoms with Crippen LogP contribution < -0.4 is 5.32 Å². The minimum Gasteiger partial charge on any atom is -0.396 e. The fourth-order valence-corrected chi connectivity index (χ4v) is 2.04. The van der Waals surface area contributed by atoms with Gasteiger partial charge in [-0.2, -0.15) is 0 Å². The van der Waals surface area contributed by atoms with Crippen LogP contribution in [0.1, 0.15) is 49.4 Å². The lowest BCUT2D eigenvalue weighted by Crippen LogP contribution is -2.31. The van der Waals surface area contributed by atoms with Crippen LogP contribution in [0.15, 0.2) is 18.2 Å². The molecule has 0 spiro atoms. The van der Waals surface area contributed by atoms with Gasteiger partial charge >= 0.3 is 0 Å². The normalized spacial score (nSPS) is 14.6. The molecule has 0 aromatic heterocycles. The molecule has 2 N–H and O–H groups in total. The molecule has 0 heterocycles. The Kier molecular flexibility index (Phi) is 5.66. The van der Waals surface area contributed by atoms with Crippen molar-refractivity contribution in [3.05, 3.63) is 34.9 Å². The van der Waals surface area contributed by atoms with Crippen molar-refractivity contribution in [3.8, 4) is 0 Å². The van der Waals surface area contributed by atoms with Crippen molar-refractivity contribution in [2.45, 2.75) is 52.6 Å². The lowest BCUT2D eigenvalue weighted by atomic mass is 10.0. The molecule has 0 saturated carbocycles. The van der Waals surface area contributed by atoms with Crippen molar-refractivity contribution in [1.82, 2.24) is 5.32 Å². The van der Waals surface area contributed by atoms with Crippen LogP contribution in [-0.2, 0) is 0 Å². The largest absolute Gasteiger partial charge is 0.396 e. The van der Waals surface area contributed by atoms with Crippen LogP contribution in [0, 0.1) is 13.8 Å². The van der Waals surface area contributed by atoms with Crippen LogP contribution in [0.4, 0.5) is 0 Å². The standard InChI is InChI=1S/C15H25NO/c1-5-15(8-9-17)16-13(4)14-7-6-11(2)12(3)10-14/h6-7,10,13,15-17H,5,8-9H2,1-4H3. The minimum atomic E-state index is 0.255. The van der Waals surface area contributed by atoms with E-state index in [0.717, 1.165) is 12.8 Å². The first kappa shape index (κ1) is 14.2. The lowest BCUT2D eigenvalue weighted by molar-refractivity contribution is 0.257. The molecule has 0 amide bonds. The van der Waals surface area contributed by atoms with E-state index >= 15 is 0 Å². The number of aryl methyl sites for hydroxylation is 2. The smallest absolute Gasteiger partial charge is 0.0445 e. The molecule has 1 rings (SSSR count). The number of aliphatic hydroxyl groups excluding tert-OH is 1. The van der Waals surface area contributed by atoms with E-state index in [-0.39, 0.29) is 6.61 Å². The number of nitrogens with one attached hydrogen (secondary N) is 1. The molecule has 0 bridgehead atoms. The second-order valence-corrected chi connectivity index (χ2v) is 4.85. The van der Waals surface area contributed by atoms with Gasteiger partial charge in [0, 0.05) is 18.7 Å². The average molecular weight is 235 g/mol. The van der Waals surface area contributed by atoms with E-state index in [9.17, 15) is 0 Å². The number of benzene rings is 1. The maximum absolute atomic E-state index is 8.99. The Morgan fingerprint density at radius 2 is 1.94 bits per heavy atom. The highest BCUT2D eigenvalue weighted by Gasteiger charge is 2.11. The Bertz CT molecular complexity index is 349. The Morgan fingerprint density at radius 3 is 2.47 bits per heavy atom. The quantitative estimate of drug-likeness (QED) is 0.794. The van der Waals surface area contributed by atoms with Gasteiger partial charge in [0.2, 0.25) is 0 Å². The zero-order chi connectivity index (χ0) is 12.8. The SMILES string of the molecule is CCC(CCO)NC(C)c1ccc(C)c(C)c1. The van der Waals surface area contributed by atoms with E-state index in [2.05, 4.69) is 51.2 Å². The van der Waals surface area contributed by atoms with Crippen LogP contribution in [-0.4, -0.2) is 17.8 Å². The van der Waals surface area contributed by atoms with Gasteiger partial charge in [-0.3, -0.25) is 0 Å². The monoisotopic (exact) mass is 235 g/mol. The van der Waals surface area contributed by atoms with Crippen LogP contribution in [0.5, 0.6) is 0 Å². The van der Waals surface area contributed by atoms with Crippen molar-refractivity contribution in [3.63, 3.8) is 0 Å². The molecule has 0 aliphatic carbocycles. The predicted molar refractivity (Wildman–Crippen MR) is 73.2 cm³/mol. The predicted octanol–water partition coefficient (Wildman–Crippen LogP) is 3.12. The first-order valence-electron chi connectivity index (χ1n) is 6.52. The summed E-state index contributed by atoms with van der Waals surface area (Å²) >= 11 is 0. The van der Waals surface area contributed by atoms with E-state index in [1.807, 2.05) is 0 Å². The molecule has 0 fully saturated rings. The number of rotatable bonds is 6. The molecule has 96 valence electrons. The summed E-state index contributed by atoms with van der Waals surface area (Å²) in [5.74, 6) is 0. The number of hydrogen-bond donors (Lipinski definition) is 2. The molecule has 1 aromatic rings. The van der Waals surface area contributed by atoms with Crippen LogP contribution in [0.3, 0.4) is 0 Å². The number of aliphatic hydroxyl groups is 1. The third kappa shape index (κ3) is 4.14. The Morgan fingerprint density at radius 1 is 1.24 bits per heavy atom. The maximum atomic E-state index is 8.99. The second-order valence-electron chi connectivity index (χ2n) is 4.85. The Balaban J connectivity index is 2.68. The molecule has 0 saturated heterocycles. The van der Waals surface area contributed by atoms with E-state index < -0.39 is 0 Å². The summed E-state index contributed by atoms with van der Waals surface area (Å²) in [5, 5.41) is 12.6. The summed E-state index contributed by atoms with van der Waals surface area (Å²) < 4.78 is 0. The summed E-state index contributed by atoms with van der Waals surface area (Å²) in [6.45, 7) is 8.88. The van der Waals surface area contributed by atoms with Gasteiger partial charge in [-0.15, -0.1) is 0 Å². The van der Waals surface area contributed by atoms with Crippen molar-refractivity contribution in [2.75, 3.05) is 6.61 Å². The summed E-state index contributed by atoms with van der Waals surface area (Å²) in [4.78, 5) is 0. The maximum Gasteiger partial charge on any atom is 0.0445 e. The topological polar surface area (TPSA) is 32.3 Å². The average Bonchev–Trinajstić information content (AvgIpc) is 2.31. The van der Waals surface area contributed by atoms with E-state index in [1.54, 1.807) is 0 Å². The molecular formula is C15H25NO. The van der Waals surface area contributed by atoms with Gasteiger partial charge in [0.25, 0.3) is 0 Å². The molecule has 17 heavy (non-hydrogen) atoms. The molecule has 0 aliphatic rings. The summed E-state index contributed by atoms with van der Waals surface area (Å²) in [5.41, 5.74) is 4.00. The molecule has 0 radical (unpaired) electrons. The highest BCUT2D eigenvalue weighted by Crippen LogP contribution is 2.18. The van der Waals surface area contributed by atoms with E-state index in [4.69, 9.17) is 5.11 Å². The van der Waals surface area contributed by atoms with Gasteiger partial charge in [-0.05, 0) is 50.3 Å².